The van der Waals surface area contributed by atoms with Gasteiger partial charge in [0, 0.05) is 13.1 Å². The van der Waals surface area contributed by atoms with Gasteiger partial charge in [0.25, 0.3) is 0 Å². The number of fused-ring (bicyclic) bond motifs is 2. The van der Waals surface area contributed by atoms with Crippen molar-refractivity contribution in [2.45, 2.75) is 74.8 Å². The minimum atomic E-state index is -1.24. The highest BCUT2D eigenvalue weighted by molar-refractivity contribution is 5.83. The van der Waals surface area contributed by atoms with E-state index in [1.165, 1.54) is 34.4 Å². The third kappa shape index (κ3) is 5.66. The first-order valence-electron chi connectivity index (χ1n) is 14.5. The largest absolute Gasteiger partial charge is 0.394 e. The number of aliphatic hydroxyl groups is 6. The second-order valence-electron chi connectivity index (χ2n) is 10.8. The highest BCUT2D eigenvalue weighted by Crippen LogP contribution is 2.33. The predicted octanol–water partition coefficient (Wildman–Crippen LogP) is -1.73. The molecule has 8 atom stereocenters. The Morgan fingerprint density at radius 3 is 1.41 bits per heavy atom. The third-order valence-corrected chi connectivity index (χ3v) is 7.99. The molecule has 18 nitrogen and oxygen atoms in total. The molecule has 2 aliphatic rings. The maximum absolute atomic E-state index is 10.4. The highest BCUT2D eigenvalue weighted by Gasteiger charge is 2.45. The van der Waals surface area contributed by atoms with Crippen molar-refractivity contribution in [3.63, 3.8) is 0 Å². The number of rotatable bonds is 13. The Labute approximate surface area is 250 Å². The average molecular weight is 617 g/mol. The molecule has 2 saturated heterocycles. The summed E-state index contributed by atoms with van der Waals surface area (Å²) in [6, 6.07) is 0. The smallest absolute Gasteiger partial charge is 0.167 e. The lowest BCUT2D eigenvalue weighted by Crippen LogP contribution is -2.33. The molecule has 2 fully saturated rings. The van der Waals surface area contributed by atoms with Crippen molar-refractivity contribution in [2.24, 2.45) is 0 Å². The van der Waals surface area contributed by atoms with E-state index in [4.69, 9.17) is 9.47 Å². The van der Waals surface area contributed by atoms with Crippen LogP contribution in [0.3, 0.4) is 0 Å². The molecule has 0 amide bonds. The number of hydrogen-bond acceptors (Lipinski definition) is 16. The number of ether oxygens (including phenoxy) is 2. The fraction of sp³-hybridized carbons (Fsp3) is 0.615. The lowest BCUT2D eigenvalue weighted by Gasteiger charge is -2.16. The quantitative estimate of drug-likeness (QED) is 0.0777. The van der Waals surface area contributed by atoms with E-state index in [0.717, 1.165) is 25.7 Å². The first kappa shape index (κ1) is 30.4. The van der Waals surface area contributed by atoms with Gasteiger partial charge >= 0.3 is 0 Å². The van der Waals surface area contributed by atoms with Crippen molar-refractivity contribution in [1.29, 1.82) is 0 Å². The molecular weight excluding hydrogens is 580 g/mol. The summed E-state index contributed by atoms with van der Waals surface area (Å²) in [6.45, 7) is 0.476. The molecule has 0 radical (unpaired) electrons. The normalized spacial score (nSPS) is 28.8. The van der Waals surface area contributed by atoms with Gasteiger partial charge in [0.15, 0.2) is 46.4 Å². The van der Waals surface area contributed by atoms with Gasteiger partial charge in [-0.2, -0.15) is 0 Å². The van der Waals surface area contributed by atoms with Gasteiger partial charge in [-0.15, -0.1) is 0 Å². The zero-order chi connectivity index (χ0) is 30.8. The summed E-state index contributed by atoms with van der Waals surface area (Å²) in [5.41, 5.74) is 1.88. The minimum absolute atomic E-state index is 0.420. The van der Waals surface area contributed by atoms with Crippen LogP contribution in [-0.4, -0.2) is 133 Å². The molecule has 0 spiro atoms. The number of aromatic nitrogens is 8. The van der Waals surface area contributed by atoms with Gasteiger partial charge in [-0.05, 0) is 12.8 Å². The van der Waals surface area contributed by atoms with Crippen LogP contribution in [0.1, 0.15) is 38.1 Å². The summed E-state index contributed by atoms with van der Waals surface area (Å²) in [4.78, 5) is 25.9. The zero-order valence-electron chi connectivity index (χ0n) is 23.7. The summed E-state index contributed by atoms with van der Waals surface area (Å²) in [5, 5.41) is 66.2. The number of anilines is 2. The Bertz CT molecular complexity index is 1440. The molecule has 8 N–H and O–H groups in total. The standard InChI is InChI=1S/C26H36N10O8/c37-7-13-17(39)19(41)25(43-13)35-11-33-15-21(29-9-31-23(15)35)27-5-3-1-2-4-6-28-22-16-24(32-10-30-22)36(12-34-16)26-20(42)18(40)14(8-38)44-26/h9-14,17-20,25-26,37-42H,1-8H2,(H,27,29,31)(H,28,30,32)/t13-,14-,17-,18-,19-,20-,25-,26-/m1/s1. The zero-order valence-corrected chi connectivity index (χ0v) is 23.7. The van der Waals surface area contributed by atoms with Crippen molar-refractivity contribution in [3.8, 4) is 0 Å². The van der Waals surface area contributed by atoms with Crippen molar-refractivity contribution in [2.75, 3.05) is 36.9 Å². The number of nitrogens with zero attached hydrogens (tertiary/aromatic N) is 8. The Hall–Kier alpha value is -3.62. The van der Waals surface area contributed by atoms with E-state index in [1.54, 1.807) is 0 Å². The van der Waals surface area contributed by atoms with Gasteiger partial charge in [-0.3, -0.25) is 9.13 Å². The van der Waals surface area contributed by atoms with Gasteiger partial charge < -0.3 is 50.7 Å². The summed E-state index contributed by atoms with van der Waals surface area (Å²) < 4.78 is 14.3. The summed E-state index contributed by atoms with van der Waals surface area (Å²) in [5.74, 6) is 1.09. The van der Waals surface area contributed by atoms with Crippen molar-refractivity contribution >= 4 is 34.0 Å². The van der Waals surface area contributed by atoms with Crippen LogP contribution < -0.4 is 10.6 Å². The van der Waals surface area contributed by atoms with E-state index in [-0.39, 0.29) is 0 Å². The molecule has 0 aliphatic carbocycles. The Balaban J connectivity index is 0.961. The fourth-order valence-corrected chi connectivity index (χ4v) is 5.57. The monoisotopic (exact) mass is 616 g/mol. The van der Waals surface area contributed by atoms with E-state index in [9.17, 15) is 30.6 Å². The minimum Gasteiger partial charge on any atom is -0.394 e. The first-order valence-corrected chi connectivity index (χ1v) is 14.5. The molecule has 238 valence electrons. The van der Waals surface area contributed by atoms with Crippen LogP contribution in [0, 0.1) is 0 Å². The summed E-state index contributed by atoms with van der Waals surface area (Å²) in [7, 11) is 0. The van der Waals surface area contributed by atoms with Gasteiger partial charge in [0.05, 0.1) is 25.9 Å². The van der Waals surface area contributed by atoms with E-state index in [0.29, 0.717) is 47.1 Å². The van der Waals surface area contributed by atoms with Crippen molar-refractivity contribution < 1.29 is 40.1 Å². The van der Waals surface area contributed by atoms with E-state index in [2.05, 4.69) is 40.5 Å². The Kier molecular flexibility index (Phi) is 9.10. The number of hydrogen-bond donors (Lipinski definition) is 8. The molecule has 44 heavy (non-hydrogen) atoms. The molecule has 4 aromatic rings. The molecular formula is C26H36N10O8. The van der Waals surface area contributed by atoms with E-state index >= 15 is 0 Å². The Morgan fingerprint density at radius 2 is 1.02 bits per heavy atom. The number of imidazole rings is 2. The molecule has 2 aliphatic heterocycles. The average Bonchev–Trinajstić information content (AvgIpc) is 3.80. The van der Waals surface area contributed by atoms with Crippen molar-refractivity contribution in [3.05, 3.63) is 25.3 Å². The van der Waals surface area contributed by atoms with Crippen LogP contribution in [0.5, 0.6) is 0 Å². The lowest BCUT2D eigenvalue weighted by molar-refractivity contribution is -0.0511. The second-order valence-corrected chi connectivity index (χ2v) is 10.8. The van der Waals surface area contributed by atoms with Crippen molar-refractivity contribution in [1.82, 2.24) is 39.0 Å². The summed E-state index contributed by atoms with van der Waals surface area (Å²) >= 11 is 0. The molecule has 0 bridgehead atoms. The van der Waals surface area contributed by atoms with E-state index in [1.807, 2.05) is 0 Å². The molecule has 4 aromatic heterocycles. The fourth-order valence-electron chi connectivity index (χ4n) is 5.57. The number of nitrogens with one attached hydrogen (secondary N) is 2. The number of aliphatic hydroxyl groups excluding tert-OH is 6. The molecule has 18 heteroatoms. The summed E-state index contributed by atoms with van der Waals surface area (Å²) in [6.07, 6.45) is 0.828. The molecule has 0 unspecified atom stereocenters. The van der Waals surface area contributed by atoms with Gasteiger partial charge in [-0.25, -0.2) is 29.9 Å². The maximum atomic E-state index is 10.4. The van der Waals surface area contributed by atoms with Crippen LogP contribution in [0.4, 0.5) is 11.6 Å². The highest BCUT2D eigenvalue weighted by atomic mass is 16.6. The SMILES string of the molecule is OC[C@H]1O[C@@H](n2cnc3c(NCCCCCCNc4ncnc5c4ncn5[C@@H]4O[C@H](CO)[C@@H](O)[C@H]4O)ncnc32)[C@H](O)[C@@H]1O. The van der Waals surface area contributed by atoms with Crippen LogP contribution in [0.15, 0.2) is 25.3 Å². The van der Waals surface area contributed by atoms with Crippen LogP contribution in [0.25, 0.3) is 22.3 Å². The molecule has 6 rings (SSSR count). The van der Waals surface area contributed by atoms with Gasteiger partial charge in [0.2, 0.25) is 0 Å². The molecule has 0 aromatic carbocycles. The molecule has 0 saturated carbocycles. The lowest BCUT2D eigenvalue weighted by atomic mass is 10.1. The van der Waals surface area contributed by atoms with Gasteiger partial charge in [-0.1, -0.05) is 12.8 Å². The third-order valence-electron chi connectivity index (χ3n) is 7.99. The van der Waals surface area contributed by atoms with Crippen LogP contribution in [-0.2, 0) is 9.47 Å². The first-order chi connectivity index (χ1) is 21.4. The second kappa shape index (κ2) is 13.2. The maximum Gasteiger partial charge on any atom is 0.167 e. The molecule has 6 heterocycles. The van der Waals surface area contributed by atoms with Gasteiger partial charge in [0.1, 0.15) is 49.3 Å². The van der Waals surface area contributed by atoms with E-state index < -0.39 is 62.3 Å². The van der Waals surface area contributed by atoms with Crippen LogP contribution >= 0.6 is 0 Å². The number of unbranched alkanes of at least 4 members (excludes halogenated alkanes) is 3. The van der Waals surface area contributed by atoms with Crippen LogP contribution in [0.2, 0.25) is 0 Å². The topological polar surface area (TPSA) is 251 Å². The predicted molar refractivity (Wildman–Crippen MR) is 152 cm³/mol. The Morgan fingerprint density at radius 1 is 0.591 bits per heavy atom.